The van der Waals surface area contributed by atoms with E-state index in [0.29, 0.717) is 0 Å². The molecular weight excluding hydrogens is 99.0 g/mol. The van der Waals surface area contributed by atoms with E-state index in [2.05, 4.69) is 0 Å². The number of rotatable bonds is 2. The largest absolute Gasteiger partial charge is 0.395 e. The second-order valence-corrected chi connectivity index (χ2v) is 2.23. The van der Waals surface area contributed by atoms with Crippen molar-refractivity contribution in [2.45, 2.75) is 12.6 Å². The molecule has 1 unspecified atom stereocenters. The van der Waals surface area contributed by atoms with Gasteiger partial charge >= 0.3 is 0 Å². The van der Waals surface area contributed by atoms with Crippen molar-refractivity contribution in [2.24, 2.45) is 0 Å². The maximum Gasteiger partial charge on any atom is 0.160 e. The first-order chi connectivity index (χ1) is 2.81. The molecule has 0 bridgehead atoms. The van der Waals surface area contributed by atoms with Gasteiger partial charge < -0.3 is 5.11 Å². The molecule has 0 saturated heterocycles. The minimum Gasteiger partial charge on any atom is -0.395 e. The van der Waals surface area contributed by atoms with Crippen LogP contribution < -0.4 is 0 Å². The Kier molecular flexibility index (Phi) is 3.29. The highest BCUT2D eigenvalue weighted by atomic mass is 31.1. The van der Waals surface area contributed by atoms with Crippen molar-refractivity contribution in [3.05, 3.63) is 0 Å². The van der Waals surface area contributed by atoms with Crippen molar-refractivity contribution >= 4 is 8.46 Å². The fourth-order valence-corrected chi connectivity index (χ4v) is 0.100. The Labute approximate surface area is 38.4 Å². The molecule has 0 saturated carbocycles. The number of aliphatic hydroxyl groups is 1. The van der Waals surface area contributed by atoms with Crippen molar-refractivity contribution in [1.29, 1.82) is 0 Å². The molecule has 6 heavy (non-hydrogen) atoms. The van der Waals surface area contributed by atoms with Crippen LogP contribution in [0.15, 0.2) is 0 Å². The van der Waals surface area contributed by atoms with Crippen LogP contribution in [0.2, 0.25) is 0 Å². The molecule has 0 radical (unpaired) electrons. The average Bonchev–Trinajstić information content (AvgIpc) is 1.65. The lowest BCUT2D eigenvalue weighted by molar-refractivity contribution is 0.297. The second-order valence-electron chi connectivity index (χ2n) is 1.14. The lowest BCUT2D eigenvalue weighted by Crippen LogP contribution is -1.95. The van der Waals surface area contributed by atoms with Crippen LogP contribution in [0.25, 0.3) is 0 Å². The summed E-state index contributed by atoms with van der Waals surface area (Å²) in [6, 6.07) is 0. The molecular formula is C3H7O2P. The summed E-state index contributed by atoms with van der Waals surface area (Å²) in [5.41, 5.74) is -0.0926. The van der Waals surface area contributed by atoms with Gasteiger partial charge in [0.1, 0.15) is 0 Å². The third-order valence-electron chi connectivity index (χ3n) is 0.444. The summed E-state index contributed by atoms with van der Waals surface area (Å²) in [7, 11) is 0.0282. The SMILES string of the molecule is CC(CO)P=O. The van der Waals surface area contributed by atoms with Crippen LogP contribution in [0.1, 0.15) is 6.92 Å². The Morgan fingerprint density at radius 2 is 2.50 bits per heavy atom. The highest BCUT2D eigenvalue weighted by Crippen LogP contribution is 2.00. The molecule has 36 valence electrons. The Balaban J connectivity index is 2.96. The molecule has 0 spiro atoms. The van der Waals surface area contributed by atoms with Gasteiger partial charge in [0.25, 0.3) is 0 Å². The highest BCUT2D eigenvalue weighted by molar-refractivity contribution is 7.24. The van der Waals surface area contributed by atoms with E-state index in [0.717, 1.165) is 0 Å². The predicted octanol–water partition coefficient (Wildman–Crippen LogP) is 0.659. The summed E-state index contributed by atoms with van der Waals surface area (Å²) in [4.78, 5) is 0. The normalized spacial score (nSPS) is 15.0. The summed E-state index contributed by atoms with van der Waals surface area (Å²) in [6.45, 7) is 1.71. The topological polar surface area (TPSA) is 37.3 Å². The van der Waals surface area contributed by atoms with E-state index in [4.69, 9.17) is 5.11 Å². The molecule has 0 aliphatic rings. The molecule has 0 aromatic heterocycles. The van der Waals surface area contributed by atoms with Gasteiger partial charge in [-0.2, -0.15) is 0 Å². The molecule has 1 atom stereocenters. The van der Waals surface area contributed by atoms with E-state index in [1.807, 2.05) is 0 Å². The lowest BCUT2D eigenvalue weighted by Gasteiger charge is -1.87. The minimum atomic E-state index is -0.0926. The molecule has 1 N–H and O–H groups in total. The van der Waals surface area contributed by atoms with Gasteiger partial charge in [0.2, 0.25) is 0 Å². The first kappa shape index (κ1) is 6.06. The minimum absolute atomic E-state index is 0.00502. The van der Waals surface area contributed by atoms with Crippen LogP contribution >= 0.6 is 8.46 Å². The molecule has 0 aromatic rings. The molecule has 0 rings (SSSR count). The van der Waals surface area contributed by atoms with Gasteiger partial charge in [0.05, 0.1) is 12.3 Å². The molecule has 0 aromatic carbocycles. The van der Waals surface area contributed by atoms with Crippen LogP contribution in [0.3, 0.4) is 0 Å². The third-order valence-corrected chi connectivity index (χ3v) is 0.967. The standard InChI is InChI=1S/C3H7O2P/c1-3(2-4)6-5/h3-4H,2H2,1H3. The maximum absolute atomic E-state index is 9.67. The van der Waals surface area contributed by atoms with Gasteiger partial charge in [-0.3, -0.25) is 4.57 Å². The van der Waals surface area contributed by atoms with Crippen molar-refractivity contribution in [1.82, 2.24) is 0 Å². The number of aliphatic hydroxyl groups excluding tert-OH is 1. The summed E-state index contributed by atoms with van der Waals surface area (Å²) in [5, 5.41) is 8.13. The van der Waals surface area contributed by atoms with Crippen LogP contribution in [0, 0.1) is 0 Å². The zero-order valence-electron chi connectivity index (χ0n) is 3.59. The molecule has 0 aliphatic heterocycles. The van der Waals surface area contributed by atoms with Gasteiger partial charge in [-0.1, -0.05) is 0 Å². The molecule has 0 aliphatic carbocycles. The van der Waals surface area contributed by atoms with Gasteiger partial charge in [-0.05, 0) is 6.92 Å². The van der Waals surface area contributed by atoms with Crippen molar-refractivity contribution in [3.63, 3.8) is 0 Å². The van der Waals surface area contributed by atoms with E-state index >= 15 is 0 Å². The zero-order chi connectivity index (χ0) is 4.99. The molecule has 0 amide bonds. The molecule has 0 heterocycles. The van der Waals surface area contributed by atoms with Crippen LogP contribution in [-0.2, 0) is 4.57 Å². The fraction of sp³-hybridized carbons (Fsp3) is 1.00. The van der Waals surface area contributed by atoms with Crippen LogP contribution in [0.5, 0.6) is 0 Å². The summed E-state index contributed by atoms with van der Waals surface area (Å²) in [5.74, 6) is 0. The van der Waals surface area contributed by atoms with Gasteiger partial charge in [-0.25, -0.2) is 0 Å². The zero-order valence-corrected chi connectivity index (χ0v) is 4.48. The summed E-state index contributed by atoms with van der Waals surface area (Å²) >= 11 is 0. The number of hydrogen-bond acceptors (Lipinski definition) is 2. The maximum atomic E-state index is 9.67. The van der Waals surface area contributed by atoms with E-state index in [1.165, 1.54) is 0 Å². The van der Waals surface area contributed by atoms with Gasteiger partial charge in [-0.15, -0.1) is 0 Å². The Bertz CT molecular complexity index is 46.1. The highest BCUT2D eigenvalue weighted by Gasteiger charge is 1.92. The molecule has 0 fully saturated rings. The first-order valence-electron chi connectivity index (χ1n) is 1.74. The average molecular weight is 106 g/mol. The fourth-order valence-electron chi connectivity index (χ4n) is 0.0333. The lowest BCUT2D eigenvalue weighted by atomic mass is 10.5. The van der Waals surface area contributed by atoms with Gasteiger partial charge in [0.15, 0.2) is 8.46 Å². The molecule has 3 heteroatoms. The Hall–Kier alpha value is 0.0600. The summed E-state index contributed by atoms with van der Waals surface area (Å²) < 4.78 is 9.67. The van der Waals surface area contributed by atoms with Crippen LogP contribution in [-0.4, -0.2) is 17.4 Å². The first-order valence-corrected chi connectivity index (χ1v) is 2.62. The van der Waals surface area contributed by atoms with E-state index in [1.54, 1.807) is 6.92 Å². The quantitative estimate of drug-likeness (QED) is 0.525. The van der Waals surface area contributed by atoms with Crippen LogP contribution in [0.4, 0.5) is 0 Å². The van der Waals surface area contributed by atoms with E-state index in [-0.39, 0.29) is 20.7 Å². The third kappa shape index (κ3) is 2.31. The second kappa shape index (κ2) is 3.26. The molecule has 2 nitrogen and oxygen atoms in total. The van der Waals surface area contributed by atoms with Crippen molar-refractivity contribution in [2.75, 3.05) is 6.61 Å². The van der Waals surface area contributed by atoms with Crippen molar-refractivity contribution in [3.8, 4) is 0 Å². The Morgan fingerprint density at radius 3 is 2.50 bits per heavy atom. The monoisotopic (exact) mass is 106 g/mol. The Morgan fingerprint density at radius 1 is 2.00 bits per heavy atom. The van der Waals surface area contributed by atoms with E-state index < -0.39 is 0 Å². The smallest absolute Gasteiger partial charge is 0.160 e. The van der Waals surface area contributed by atoms with Gasteiger partial charge in [0, 0.05) is 0 Å². The number of hydrogen-bond donors (Lipinski definition) is 1. The predicted molar refractivity (Wildman–Crippen MR) is 24.2 cm³/mol. The van der Waals surface area contributed by atoms with E-state index in [9.17, 15) is 4.57 Å². The van der Waals surface area contributed by atoms with Crippen molar-refractivity contribution < 1.29 is 9.67 Å². The summed E-state index contributed by atoms with van der Waals surface area (Å²) in [6.07, 6.45) is 0.